The minimum Gasteiger partial charge on any atom is -0.349 e. The van der Waals surface area contributed by atoms with Crippen LogP contribution in [0.25, 0.3) is 0 Å². The normalized spacial score (nSPS) is 50.4. The molecule has 4 fully saturated rings. The van der Waals surface area contributed by atoms with Crippen LogP contribution in [0.15, 0.2) is 22.8 Å². The van der Waals surface area contributed by atoms with Crippen molar-refractivity contribution in [1.29, 1.82) is 0 Å². The van der Waals surface area contributed by atoms with Gasteiger partial charge in [-0.2, -0.15) is 0 Å². The van der Waals surface area contributed by atoms with E-state index < -0.39 is 56.6 Å². The van der Waals surface area contributed by atoms with Crippen molar-refractivity contribution in [3.63, 3.8) is 0 Å². The summed E-state index contributed by atoms with van der Waals surface area (Å²) >= 11 is 21.1. The van der Waals surface area contributed by atoms with Crippen LogP contribution in [0, 0.1) is 22.7 Å². The van der Waals surface area contributed by atoms with Crippen LogP contribution in [0.4, 0.5) is 4.39 Å². The van der Waals surface area contributed by atoms with E-state index >= 15 is 4.39 Å². The summed E-state index contributed by atoms with van der Waals surface area (Å²) in [6, 6.07) is 0. The van der Waals surface area contributed by atoms with E-state index in [1.807, 2.05) is 13.8 Å². The van der Waals surface area contributed by atoms with Crippen LogP contribution in [0.1, 0.15) is 53.4 Å². The van der Waals surface area contributed by atoms with E-state index in [4.69, 9.17) is 53.8 Å². The SMILES string of the molecule is COC1OCOC(C)(C)O[C@@]2(CC[C@H]3[C@@H]4C[C@H](F)C5=C(Cl)C(=O)C=C[C@]5(C)[C@@]4(Cl)[C@@H](Cl)C[C@@]32C)C1=O. The van der Waals surface area contributed by atoms with Gasteiger partial charge in [-0.3, -0.25) is 9.59 Å². The van der Waals surface area contributed by atoms with Gasteiger partial charge in [0.15, 0.2) is 18.4 Å². The first kappa shape index (κ1) is 27.0. The van der Waals surface area contributed by atoms with Gasteiger partial charge in [0.25, 0.3) is 0 Å². The topological polar surface area (TPSA) is 71.1 Å². The number of alkyl halides is 3. The van der Waals surface area contributed by atoms with Gasteiger partial charge in [-0.1, -0.05) is 31.5 Å². The van der Waals surface area contributed by atoms with Gasteiger partial charge in [-0.15, -0.1) is 23.2 Å². The summed E-state index contributed by atoms with van der Waals surface area (Å²) in [4.78, 5) is 25.2. The lowest BCUT2D eigenvalue weighted by molar-refractivity contribution is -0.341. The molecule has 4 aliphatic carbocycles. The van der Waals surface area contributed by atoms with E-state index in [-0.39, 0.29) is 35.5 Å². The average molecular weight is 566 g/mol. The summed E-state index contributed by atoms with van der Waals surface area (Å²) in [6.07, 6.45) is 1.66. The number of allylic oxidation sites excluding steroid dienone is 4. The van der Waals surface area contributed by atoms with Crippen molar-refractivity contribution >= 4 is 46.4 Å². The van der Waals surface area contributed by atoms with E-state index in [2.05, 4.69) is 0 Å². The second-order valence-corrected chi connectivity index (χ2v) is 13.2. The highest BCUT2D eigenvalue weighted by Gasteiger charge is 2.76. The molecule has 6 nitrogen and oxygen atoms in total. The van der Waals surface area contributed by atoms with Crippen molar-refractivity contribution in [2.45, 2.75) is 87.5 Å². The molecule has 0 aromatic rings. The molecule has 200 valence electrons. The third kappa shape index (κ3) is 3.29. The third-order valence-electron chi connectivity index (χ3n) is 9.66. The zero-order valence-corrected chi connectivity index (χ0v) is 23.3. The summed E-state index contributed by atoms with van der Waals surface area (Å²) in [5, 5.41) is -0.813. The summed E-state index contributed by atoms with van der Waals surface area (Å²) in [7, 11) is 1.40. The molecule has 5 aliphatic rings. The molecule has 9 atom stereocenters. The van der Waals surface area contributed by atoms with Crippen LogP contribution in [0.5, 0.6) is 0 Å². The summed E-state index contributed by atoms with van der Waals surface area (Å²) in [5.41, 5.74) is -3.03. The van der Waals surface area contributed by atoms with Gasteiger partial charge in [0, 0.05) is 17.9 Å². The number of rotatable bonds is 1. The quantitative estimate of drug-likeness (QED) is 0.395. The van der Waals surface area contributed by atoms with Crippen molar-refractivity contribution in [2.24, 2.45) is 22.7 Å². The Morgan fingerprint density at radius 3 is 2.53 bits per heavy atom. The Bertz CT molecular complexity index is 1060. The number of halogens is 4. The number of Topliss-reactive ketones (excluding diaryl/α,β-unsaturated/α-hetero) is 1. The summed E-state index contributed by atoms with van der Waals surface area (Å²) < 4.78 is 39.3. The monoisotopic (exact) mass is 564 g/mol. The number of hydrogen-bond acceptors (Lipinski definition) is 6. The van der Waals surface area contributed by atoms with Crippen LogP contribution in [0.3, 0.4) is 0 Å². The molecule has 1 unspecified atom stereocenters. The largest absolute Gasteiger partial charge is 0.349 e. The molecule has 0 aromatic heterocycles. The number of ketones is 2. The molecular formula is C26H32Cl3FO6. The number of hydrogen-bond donors (Lipinski definition) is 0. The highest BCUT2D eigenvalue weighted by Crippen LogP contribution is 2.73. The molecule has 1 heterocycles. The molecule has 1 saturated heterocycles. The van der Waals surface area contributed by atoms with Gasteiger partial charge < -0.3 is 18.9 Å². The highest BCUT2D eigenvalue weighted by atomic mass is 35.5. The Morgan fingerprint density at radius 2 is 1.86 bits per heavy atom. The molecule has 0 N–H and O–H groups in total. The number of carbonyl (C=O) groups is 2. The van der Waals surface area contributed by atoms with Crippen molar-refractivity contribution in [3.05, 3.63) is 22.8 Å². The van der Waals surface area contributed by atoms with Crippen molar-refractivity contribution in [2.75, 3.05) is 13.9 Å². The average Bonchev–Trinajstić information content (AvgIpc) is 3.07. The second kappa shape index (κ2) is 8.48. The maximum absolute atomic E-state index is 15.9. The molecule has 5 rings (SSSR count). The van der Waals surface area contributed by atoms with E-state index in [0.29, 0.717) is 19.3 Å². The fraction of sp³-hybridized carbons (Fsp3) is 0.769. The standard InChI is InChI=1S/C26H32Cl3FO6/c1-22(2)35-12-34-21(33-5)20(32)25(36-22)9-6-13-14-10-15(30)18-19(28)16(31)7-8-23(18,3)26(14,29)17(27)11-24(13,25)4/h7-8,13-15,17,21H,6,9-12H2,1-5H3/t13-,14-,15-,17-,21?,23-,24-,25-,26-/m0/s1. The van der Waals surface area contributed by atoms with Gasteiger partial charge in [-0.25, -0.2) is 4.39 Å². The predicted molar refractivity (Wildman–Crippen MR) is 133 cm³/mol. The van der Waals surface area contributed by atoms with Crippen LogP contribution < -0.4 is 0 Å². The molecule has 0 bridgehead atoms. The van der Waals surface area contributed by atoms with Crippen molar-refractivity contribution < 1.29 is 32.9 Å². The second-order valence-electron chi connectivity index (χ2n) is 11.6. The zero-order chi connectivity index (χ0) is 26.5. The van der Waals surface area contributed by atoms with Crippen LogP contribution >= 0.6 is 34.8 Å². The molecular weight excluding hydrogens is 534 g/mol. The molecule has 3 saturated carbocycles. The van der Waals surface area contributed by atoms with Gasteiger partial charge in [0.05, 0.1) is 15.3 Å². The number of carbonyl (C=O) groups excluding carboxylic acids is 2. The van der Waals surface area contributed by atoms with E-state index in [0.717, 1.165) is 0 Å². The molecule has 0 aromatic carbocycles. The summed E-state index contributed by atoms with van der Waals surface area (Å²) in [5.74, 6) is -2.51. The Morgan fingerprint density at radius 1 is 1.17 bits per heavy atom. The van der Waals surface area contributed by atoms with Crippen LogP contribution in [-0.4, -0.2) is 59.6 Å². The fourth-order valence-corrected chi connectivity index (χ4v) is 9.54. The first-order valence-electron chi connectivity index (χ1n) is 12.3. The first-order chi connectivity index (χ1) is 16.7. The molecule has 0 radical (unpaired) electrons. The highest BCUT2D eigenvalue weighted by molar-refractivity contribution is 6.45. The minimum absolute atomic E-state index is 0.0452. The third-order valence-corrected chi connectivity index (χ3v) is 11.6. The fourth-order valence-electron chi connectivity index (χ4n) is 7.97. The minimum atomic E-state index is -1.47. The van der Waals surface area contributed by atoms with Gasteiger partial charge in [0.1, 0.15) is 11.8 Å². The number of ether oxygens (including phenoxy) is 4. The number of fused-ring (bicyclic) bond motifs is 6. The maximum atomic E-state index is 15.9. The molecule has 36 heavy (non-hydrogen) atoms. The Hall–Kier alpha value is -0.540. The van der Waals surface area contributed by atoms with Crippen LogP contribution in [-0.2, 0) is 28.5 Å². The van der Waals surface area contributed by atoms with Crippen LogP contribution in [0.2, 0.25) is 0 Å². The lowest BCUT2D eigenvalue weighted by Crippen LogP contribution is -2.70. The van der Waals surface area contributed by atoms with E-state index in [1.54, 1.807) is 19.9 Å². The van der Waals surface area contributed by atoms with Crippen molar-refractivity contribution in [1.82, 2.24) is 0 Å². The zero-order valence-electron chi connectivity index (χ0n) is 21.0. The first-order valence-corrected chi connectivity index (χ1v) is 13.5. The smallest absolute Gasteiger partial charge is 0.222 e. The Labute approximate surface area is 225 Å². The Kier molecular flexibility index (Phi) is 6.37. The lowest BCUT2D eigenvalue weighted by atomic mass is 9.46. The predicted octanol–water partition coefficient (Wildman–Crippen LogP) is 5.42. The van der Waals surface area contributed by atoms with E-state index in [1.165, 1.54) is 13.2 Å². The molecule has 1 spiro atoms. The lowest BCUT2D eigenvalue weighted by Gasteiger charge is -2.65. The van der Waals surface area contributed by atoms with Gasteiger partial charge >= 0.3 is 0 Å². The maximum Gasteiger partial charge on any atom is 0.222 e. The molecule has 1 aliphatic heterocycles. The van der Waals surface area contributed by atoms with Gasteiger partial charge in [-0.05, 0) is 63.0 Å². The number of methoxy groups -OCH3 is 1. The van der Waals surface area contributed by atoms with E-state index in [9.17, 15) is 9.59 Å². The van der Waals surface area contributed by atoms with Crippen molar-refractivity contribution in [3.8, 4) is 0 Å². The molecule has 0 amide bonds. The summed E-state index contributed by atoms with van der Waals surface area (Å²) in [6.45, 7) is 7.11. The van der Waals surface area contributed by atoms with Gasteiger partial charge in [0.2, 0.25) is 12.1 Å². The Balaban J connectivity index is 1.64. The molecule has 10 heteroatoms.